The van der Waals surface area contributed by atoms with Gasteiger partial charge in [-0.25, -0.2) is 0 Å². The van der Waals surface area contributed by atoms with E-state index in [0.717, 1.165) is 25.0 Å². The highest BCUT2D eigenvalue weighted by atomic mass is 15.3. The van der Waals surface area contributed by atoms with Crippen molar-refractivity contribution >= 4 is 5.96 Å². The molecule has 1 aliphatic heterocycles. The molecule has 2 rings (SSSR count). The number of likely N-dealkylation sites (tertiary alicyclic amines) is 1. The number of benzene rings is 1. The summed E-state index contributed by atoms with van der Waals surface area (Å²) in [7, 11) is 6.13. The van der Waals surface area contributed by atoms with Gasteiger partial charge in [0.15, 0.2) is 5.96 Å². The number of aliphatic imine (C=N–C) groups is 1. The minimum atomic E-state index is 0.738. The van der Waals surface area contributed by atoms with Crippen LogP contribution < -0.4 is 5.32 Å². The summed E-state index contributed by atoms with van der Waals surface area (Å²) in [6.07, 6.45) is 1.28. The van der Waals surface area contributed by atoms with Crippen molar-refractivity contribution in [2.75, 3.05) is 40.8 Å². The van der Waals surface area contributed by atoms with Gasteiger partial charge in [0, 0.05) is 33.7 Å². The van der Waals surface area contributed by atoms with Crippen LogP contribution in [0.2, 0.25) is 0 Å². The molecular weight excluding hydrogens is 248 g/mol. The maximum Gasteiger partial charge on any atom is 0.193 e. The Kier molecular flexibility index (Phi) is 5.41. The summed E-state index contributed by atoms with van der Waals surface area (Å²) in [5.41, 5.74) is 1.30. The van der Waals surface area contributed by atoms with Crippen LogP contribution in [0.5, 0.6) is 0 Å². The van der Waals surface area contributed by atoms with E-state index in [9.17, 15) is 0 Å². The third kappa shape index (κ3) is 4.23. The quantitative estimate of drug-likeness (QED) is 0.669. The van der Waals surface area contributed by atoms with Crippen molar-refractivity contribution in [2.24, 2.45) is 10.9 Å². The van der Waals surface area contributed by atoms with E-state index in [-0.39, 0.29) is 0 Å². The molecule has 4 nitrogen and oxygen atoms in total. The van der Waals surface area contributed by atoms with Gasteiger partial charge in [0.1, 0.15) is 0 Å². The van der Waals surface area contributed by atoms with Crippen LogP contribution in [-0.2, 0) is 6.54 Å². The number of hydrogen-bond acceptors (Lipinski definition) is 2. The zero-order chi connectivity index (χ0) is 14.4. The van der Waals surface area contributed by atoms with Gasteiger partial charge in [-0.3, -0.25) is 4.99 Å². The first-order valence-corrected chi connectivity index (χ1v) is 7.33. The Morgan fingerprint density at radius 3 is 2.75 bits per heavy atom. The lowest BCUT2D eigenvalue weighted by Gasteiger charge is -2.23. The molecular formula is C16H26N4. The lowest BCUT2D eigenvalue weighted by atomic mass is 10.1. The molecule has 0 radical (unpaired) electrons. The van der Waals surface area contributed by atoms with E-state index in [4.69, 9.17) is 0 Å². The number of nitrogens with zero attached hydrogens (tertiary/aromatic N) is 3. The summed E-state index contributed by atoms with van der Waals surface area (Å²) in [6, 6.07) is 10.5. The summed E-state index contributed by atoms with van der Waals surface area (Å²) in [5.74, 6) is 1.71. The van der Waals surface area contributed by atoms with Gasteiger partial charge in [-0.1, -0.05) is 30.3 Å². The van der Waals surface area contributed by atoms with Crippen molar-refractivity contribution < 1.29 is 0 Å². The van der Waals surface area contributed by atoms with E-state index in [1.54, 1.807) is 0 Å². The largest absolute Gasteiger partial charge is 0.356 e. The Balaban J connectivity index is 1.82. The standard InChI is InChI=1S/C16H26N4/c1-17-16(18-11-15-9-10-19(2)12-15)20(3)13-14-7-5-4-6-8-14/h4-8,15H,9-13H2,1-3H3,(H,17,18). The van der Waals surface area contributed by atoms with Crippen molar-refractivity contribution in [2.45, 2.75) is 13.0 Å². The average Bonchev–Trinajstić information content (AvgIpc) is 2.86. The van der Waals surface area contributed by atoms with Crippen molar-refractivity contribution in [3.63, 3.8) is 0 Å². The zero-order valence-electron chi connectivity index (χ0n) is 12.8. The third-order valence-corrected chi connectivity index (χ3v) is 3.87. The molecule has 110 valence electrons. The van der Waals surface area contributed by atoms with Crippen molar-refractivity contribution in [1.82, 2.24) is 15.1 Å². The lowest BCUT2D eigenvalue weighted by Crippen LogP contribution is -2.41. The first kappa shape index (κ1) is 14.9. The fourth-order valence-corrected chi connectivity index (χ4v) is 2.75. The molecule has 4 heteroatoms. The molecule has 1 saturated heterocycles. The minimum absolute atomic E-state index is 0.738. The highest BCUT2D eigenvalue weighted by Crippen LogP contribution is 2.13. The maximum absolute atomic E-state index is 4.38. The van der Waals surface area contributed by atoms with Crippen LogP contribution in [0.25, 0.3) is 0 Å². The average molecular weight is 274 g/mol. The van der Waals surface area contributed by atoms with Crippen LogP contribution in [0.3, 0.4) is 0 Å². The van der Waals surface area contributed by atoms with Crippen LogP contribution in [0.1, 0.15) is 12.0 Å². The van der Waals surface area contributed by atoms with E-state index >= 15 is 0 Å². The molecule has 1 aromatic carbocycles. The summed E-state index contributed by atoms with van der Waals surface area (Å²) in [6.45, 7) is 4.29. The van der Waals surface area contributed by atoms with E-state index in [0.29, 0.717) is 0 Å². The molecule has 0 bridgehead atoms. The van der Waals surface area contributed by atoms with Gasteiger partial charge < -0.3 is 15.1 Å². The number of hydrogen-bond donors (Lipinski definition) is 1. The van der Waals surface area contributed by atoms with Crippen LogP contribution >= 0.6 is 0 Å². The maximum atomic E-state index is 4.38. The van der Waals surface area contributed by atoms with Crippen LogP contribution in [-0.4, -0.2) is 56.5 Å². The molecule has 0 amide bonds. The lowest BCUT2D eigenvalue weighted by molar-refractivity contribution is 0.390. The van der Waals surface area contributed by atoms with Crippen LogP contribution in [0.15, 0.2) is 35.3 Å². The number of rotatable bonds is 4. The van der Waals surface area contributed by atoms with Gasteiger partial charge in [0.05, 0.1) is 0 Å². The molecule has 1 N–H and O–H groups in total. The highest BCUT2D eigenvalue weighted by Gasteiger charge is 2.19. The third-order valence-electron chi connectivity index (χ3n) is 3.87. The molecule has 0 spiro atoms. The van der Waals surface area contributed by atoms with Gasteiger partial charge in [0.2, 0.25) is 0 Å². The summed E-state index contributed by atoms with van der Waals surface area (Å²) >= 11 is 0. The van der Waals surface area contributed by atoms with Gasteiger partial charge in [-0.2, -0.15) is 0 Å². The molecule has 1 heterocycles. The first-order valence-electron chi connectivity index (χ1n) is 7.33. The molecule has 20 heavy (non-hydrogen) atoms. The van der Waals surface area contributed by atoms with Gasteiger partial charge in [0.25, 0.3) is 0 Å². The van der Waals surface area contributed by atoms with Crippen LogP contribution in [0.4, 0.5) is 0 Å². The van der Waals surface area contributed by atoms with E-state index in [1.165, 1.54) is 25.1 Å². The summed E-state index contributed by atoms with van der Waals surface area (Å²) < 4.78 is 0. The van der Waals surface area contributed by atoms with Crippen molar-refractivity contribution in [3.8, 4) is 0 Å². The molecule has 1 fully saturated rings. The predicted molar refractivity (Wildman–Crippen MR) is 84.9 cm³/mol. The molecule has 0 saturated carbocycles. The normalized spacial score (nSPS) is 20.1. The second-order valence-electron chi connectivity index (χ2n) is 5.69. The van der Waals surface area contributed by atoms with Crippen molar-refractivity contribution in [1.29, 1.82) is 0 Å². The second-order valence-corrected chi connectivity index (χ2v) is 5.69. The fourth-order valence-electron chi connectivity index (χ4n) is 2.75. The SMILES string of the molecule is CN=C(NCC1CCN(C)C1)N(C)Cc1ccccc1. The van der Waals surface area contributed by atoms with Gasteiger partial charge in [-0.05, 0) is 31.5 Å². The van der Waals surface area contributed by atoms with Crippen molar-refractivity contribution in [3.05, 3.63) is 35.9 Å². The Hall–Kier alpha value is -1.55. The topological polar surface area (TPSA) is 30.9 Å². The summed E-state index contributed by atoms with van der Waals surface area (Å²) in [5, 5.41) is 3.50. The first-order chi connectivity index (χ1) is 9.69. The van der Waals surface area contributed by atoms with Crippen LogP contribution in [0, 0.1) is 5.92 Å². The van der Waals surface area contributed by atoms with Gasteiger partial charge >= 0.3 is 0 Å². The van der Waals surface area contributed by atoms with Gasteiger partial charge in [-0.15, -0.1) is 0 Å². The van der Waals surface area contributed by atoms with E-state index < -0.39 is 0 Å². The molecule has 0 aromatic heterocycles. The molecule has 1 unspecified atom stereocenters. The molecule has 1 aliphatic rings. The zero-order valence-corrected chi connectivity index (χ0v) is 12.8. The Morgan fingerprint density at radius 1 is 1.40 bits per heavy atom. The van der Waals surface area contributed by atoms with E-state index in [2.05, 4.69) is 58.5 Å². The Morgan fingerprint density at radius 2 is 2.15 bits per heavy atom. The summed E-state index contributed by atoms with van der Waals surface area (Å²) in [4.78, 5) is 8.95. The molecule has 1 aromatic rings. The predicted octanol–water partition coefficient (Wildman–Crippen LogP) is 1.65. The Bertz CT molecular complexity index is 429. The monoisotopic (exact) mass is 274 g/mol. The fraction of sp³-hybridized carbons (Fsp3) is 0.562. The minimum Gasteiger partial charge on any atom is -0.356 e. The molecule has 0 aliphatic carbocycles. The molecule has 1 atom stereocenters. The Labute approximate surface area is 122 Å². The second kappa shape index (κ2) is 7.29. The number of nitrogens with one attached hydrogen (secondary N) is 1. The highest BCUT2D eigenvalue weighted by molar-refractivity contribution is 5.79. The van der Waals surface area contributed by atoms with E-state index in [1.807, 2.05) is 13.1 Å². The number of guanidine groups is 1. The smallest absolute Gasteiger partial charge is 0.193 e.